The number of ketones is 1. The Bertz CT molecular complexity index is 1180. The maximum absolute atomic E-state index is 13.7. The average Bonchev–Trinajstić information content (AvgIpc) is 3.62. The average molecular weight is 455 g/mol. The van der Waals surface area contributed by atoms with Gasteiger partial charge in [0.25, 0.3) is 0 Å². The SMILES string of the molecule is CC(=O)c1ccc(NC(=O)[C@H](Cc2ccccc2)N2C(=O)[C@@H]3[C@H]4C=C[C@@H]([C@@H]5C[C@H]45)[C@H]3C2=O)cc1. The molecule has 1 saturated heterocycles. The van der Waals surface area contributed by atoms with E-state index in [1.54, 1.807) is 24.3 Å². The van der Waals surface area contributed by atoms with E-state index in [0.717, 1.165) is 12.0 Å². The zero-order chi connectivity index (χ0) is 23.6. The highest BCUT2D eigenvalue weighted by Gasteiger charge is 2.67. The fourth-order valence-corrected chi connectivity index (χ4v) is 6.44. The third-order valence-corrected chi connectivity index (χ3v) is 8.14. The molecule has 1 N–H and O–H groups in total. The van der Waals surface area contributed by atoms with Crippen LogP contribution in [0.2, 0.25) is 0 Å². The first-order valence-corrected chi connectivity index (χ1v) is 11.9. The number of Topliss-reactive ketones (excluding diaryl/α,β-unsaturated/α-hetero) is 1. The maximum atomic E-state index is 13.7. The van der Waals surface area contributed by atoms with E-state index < -0.39 is 11.9 Å². The van der Waals surface area contributed by atoms with Gasteiger partial charge in [-0.3, -0.25) is 24.1 Å². The fourth-order valence-electron chi connectivity index (χ4n) is 6.44. The molecule has 3 fully saturated rings. The number of carbonyl (C=O) groups is 4. The van der Waals surface area contributed by atoms with Crippen molar-refractivity contribution in [2.75, 3.05) is 5.32 Å². The minimum Gasteiger partial charge on any atom is -0.324 e. The molecule has 1 heterocycles. The standard InChI is InChI=1S/C28H26N2O4/c1-15(31)17-7-9-18(10-8-17)29-26(32)23(13-16-5-3-2-4-6-16)30-27(33)24-19-11-12-20(22-14-21(19)22)25(24)28(30)34/h2-12,19-25H,13-14H2,1H3,(H,29,32)/t19-,20-,21-,22+,23-,24+,25+/m0/s1. The normalized spacial score (nSPS) is 31.1. The van der Waals surface area contributed by atoms with Crippen LogP contribution in [0.25, 0.3) is 0 Å². The van der Waals surface area contributed by atoms with Gasteiger partial charge in [-0.2, -0.15) is 0 Å². The number of hydrogen-bond donors (Lipinski definition) is 1. The molecule has 2 aromatic carbocycles. The number of benzene rings is 2. The van der Waals surface area contributed by atoms with Gasteiger partial charge in [0.2, 0.25) is 17.7 Å². The Morgan fingerprint density at radius 1 is 0.912 bits per heavy atom. The highest BCUT2D eigenvalue weighted by molar-refractivity contribution is 6.11. The van der Waals surface area contributed by atoms with Crippen molar-refractivity contribution in [3.05, 3.63) is 77.9 Å². The van der Waals surface area contributed by atoms with Gasteiger partial charge in [-0.1, -0.05) is 42.5 Å². The number of likely N-dealkylation sites (tertiary alicyclic amines) is 1. The zero-order valence-electron chi connectivity index (χ0n) is 18.9. The van der Waals surface area contributed by atoms with Gasteiger partial charge in [0.05, 0.1) is 11.8 Å². The van der Waals surface area contributed by atoms with Crippen molar-refractivity contribution in [3.8, 4) is 0 Å². The van der Waals surface area contributed by atoms with Gasteiger partial charge in [0, 0.05) is 17.7 Å². The van der Waals surface area contributed by atoms with E-state index in [1.165, 1.54) is 11.8 Å². The lowest BCUT2D eigenvalue weighted by molar-refractivity contribution is -0.146. The third-order valence-electron chi connectivity index (χ3n) is 8.14. The summed E-state index contributed by atoms with van der Waals surface area (Å²) in [5.41, 5.74) is 1.95. The van der Waals surface area contributed by atoms with Crippen LogP contribution in [0.1, 0.15) is 29.3 Å². The molecule has 0 unspecified atom stereocenters. The van der Waals surface area contributed by atoms with Gasteiger partial charge >= 0.3 is 0 Å². The van der Waals surface area contributed by atoms with Crippen molar-refractivity contribution in [2.45, 2.75) is 25.8 Å². The van der Waals surface area contributed by atoms with Gasteiger partial charge in [-0.15, -0.1) is 0 Å². The maximum Gasteiger partial charge on any atom is 0.248 e. The highest BCUT2D eigenvalue weighted by Crippen LogP contribution is 2.65. The van der Waals surface area contributed by atoms with Crippen LogP contribution in [0.4, 0.5) is 5.69 Å². The molecule has 34 heavy (non-hydrogen) atoms. The van der Waals surface area contributed by atoms with Crippen LogP contribution >= 0.6 is 0 Å². The molecule has 0 aromatic heterocycles. The summed E-state index contributed by atoms with van der Waals surface area (Å²) in [5, 5.41) is 2.87. The molecule has 7 atom stereocenters. The second-order valence-electron chi connectivity index (χ2n) is 10.0. The number of allylic oxidation sites excluding steroid dienone is 2. The van der Waals surface area contributed by atoms with Crippen molar-refractivity contribution in [1.82, 2.24) is 4.90 Å². The Labute approximate surface area is 198 Å². The number of carbonyl (C=O) groups excluding carboxylic acids is 4. The van der Waals surface area contributed by atoms with Crippen LogP contribution < -0.4 is 5.32 Å². The molecule has 3 amide bonds. The molecule has 2 aromatic rings. The lowest BCUT2D eigenvalue weighted by atomic mass is 9.63. The van der Waals surface area contributed by atoms with Gasteiger partial charge in [0.1, 0.15) is 6.04 Å². The summed E-state index contributed by atoms with van der Waals surface area (Å²) in [6.07, 6.45) is 5.62. The van der Waals surface area contributed by atoms with E-state index in [-0.39, 0.29) is 47.7 Å². The van der Waals surface area contributed by atoms with Gasteiger partial charge in [-0.25, -0.2) is 0 Å². The number of hydrogen-bond acceptors (Lipinski definition) is 4. The van der Waals surface area contributed by atoms with E-state index in [1.807, 2.05) is 30.3 Å². The van der Waals surface area contributed by atoms with Crippen LogP contribution in [-0.2, 0) is 20.8 Å². The Morgan fingerprint density at radius 2 is 1.50 bits per heavy atom. The number of amides is 3. The summed E-state index contributed by atoms with van der Waals surface area (Å²) in [6.45, 7) is 1.49. The summed E-state index contributed by atoms with van der Waals surface area (Å²) in [4.78, 5) is 53.7. The van der Waals surface area contributed by atoms with E-state index in [2.05, 4.69) is 17.5 Å². The Hall–Kier alpha value is -3.54. The van der Waals surface area contributed by atoms with Crippen LogP contribution in [0.5, 0.6) is 0 Å². The lowest BCUT2D eigenvalue weighted by Gasteiger charge is -2.37. The predicted octanol–water partition coefficient (Wildman–Crippen LogP) is 3.49. The lowest BCUT2D eigenvalue weighted by Crippen LogP contribution is -2.49. The molecule has 172 valence electrons. The minimum atomic E-state index is -0.934. The molecule has 5 aliphatic rings. The number of anilines is 1. The van der Waals surface area contributed by atoms with Crippen molar-refractivity contribution in [1.29, 1.82) is 0 Å². The summed E-state index contributed by atoms with van der Waals surface area (Å²) >= 11 is 0. The summed E-state index contributed by atoms with van der Waals surface area (Å²) < 4.78 is 0. The molecule has 0 spiro atoms. The number of nitrogens with zero attached hydrogens (tertiary/aromatic N) is 1. The Kier molecular flexibility index (Phi) is 4.80. The van der Waals surface area contributed by atoms with Gasteiger partial charge in [0.15, 0.2) is 5.78 Å². The molecule has 0 radical (unpaired) electrons. The monoisotopic (exact) mass is 454 g/mol. The van der Waals surface area contributed by atoms with Gasteiger partial charge in [-0.05, 0) is 66.8 Å². The number of rotatable bonds is 6. The fraction of sp³-hybridized carbons (Fsp3) is 0.357. The van der Waals surface area contributed by atoms with E-state index in [4.69, 9.17) is 0 Å². The highest BCUT2D eigenvalue weighted by atomic mass is 16.2. The van der Waals surface area contributed by atoms with Crippen molar-refractivity contribution >= 4 is 29.2 Å². The topological polar surface area (TPSA) is 83.6 Å². The van der Waals surface area contributed by atoms with E-state index in [9.17, 15) is 19.2 Å². The van der Waals surface area contributed by atoms with E-state index in [0.29, 0.717) is 23.1 Å². The number of imide groups is 1. The van der Waals surface area contributed by atoms with Crippen LogP contribution in [-0.4, -0.2) is 34.4 Å². The molecule has 2 saturated carbocycles. The van der Waals surface area contributed by atoms with Crippen LogP contribution in [0.3, 0.4) is 0 Å². The first-order valence-electron chi connectivity index (χ1n) is 11.9. The van der Waals surface area contributed by atoms with Crippen LogP contribution in [0, 0.1) is 35.5 Å². The summed E-state index contributed by atoms with van der Waals surface area (Å²) in [5.74, 6) is -0.308. The first kappa shape index (κ1) is 21.0. The minimum absolute atomic E-state index is 0.0583. The quantitative estimate of drug-likeness (QED) is 0.411. The second-order valence-corrected chi connectivity index (χ2v) is 10.0. The molecule has 1 aliphatic heterocycles. The van der Waals surface area contributed by atoms with Crippen LogP contribution in [0.15, 0.2) is 66.7 Å². The Balaban J connectivity index is 1.30. The molecule has 4 aliphatic carbocycles. The zero-order valence-corrected chi connectivity index (χ0v) is 18.9. The second kappa shape index (κ2) is 7.76. The molecular weight excluding hydrogens is 428 g/mol. The van der Waals surface area contributed by atoms with Crippen molar-refractivity contribution in [3.63, 3.8) is 0 Å². The largest absolute Gasteiger partial charge is 0.324 e. The number of nitrogens with one attached hydrogen (secondary N) is 1. The molecular formula is C28H26N2O4. The molecule has 2 bridgehead atoms. The first-order chi connectivity index (χ1) is 16.4. The molecule has 7 rings (SSSR count). The smallest absolute Gasteiger partial charge is 0.248 e. The van der Waals surface area contributed by atoms with E-state index >= 15 is 0 Å². The summed E-state index contributed by atoms with van der Waals surface area (Å²) in [7, 11) is 0. The summed E-state index contributed by atoms with van der Waals surface area (Å²) in [6, 6.07) is 15.2. The predicted molar refractivity (Wildman–Crippen MR) is 126 cm³/mol. The third kappa shape index (κ3) is 3.23. The molecule has 6 nitrogen and oxygen atoms in total. The Morgan fingerprint density at radius 3 is 2.06 bits per heavy atom. The molecule has 6 heteroatoms. The van der Waals surface area contributed by atoms with Crippen molar-refractivity contribution in [2.24, 2.45) is 35.5 Å². The van der Waals surface area contributed by atoms with Crippen molar-refractivity contribution < 1.29 is 19.2 Å². The van der Waals surface area contributed by atoms with Gasteiger partial charge < -0.3 is 5.32 Å².